The maximum Gasteiger partial charge on any atom is 0.532 e. The minimum absolute atomic E-state index is 0.0100. The van der Waals surface area contributed by atoms with Gasteiger partial charge in [-0.2, -0.15) is 8.42 Å². The number of carbonyl (C=O) groups excluding carboxylic acids is 2. The number of hydrogen-bond acceptors (Lipinski definition) is 7. The molecule has 2 fully saturated rings. The standard InChI is InChI=1S/C23H25NO6S/c1-15-10-12-17(13-11-15)31(27,28)30-23(26)29-22(25)19-8-4-3-7-18(19)21-14-16-6-2-5-9-20(16)24-21/h3-4,7-8,10-13,16,20-21,24H,2,5-6,9,14H2,1H3/t16-,20-,21-/m0/s1. The van der Waals surface area contributed by atoms with Crippen LogP contribution in [0.1, 0.15) is 59.6 Å². The van der Waals surface area contributed by atoms with Crippen LogP contribution in [0.15, 0.2) is 53.4 Å². The Kier molecular flexibility index (Phi) is 6.11. The van der Waals surface area contributed by atoms with E-state index in [9.17, 15) is 18.0 Å². The maximum absolute atomic E-state index is 12.7. The van der Waals surface area contributed by atoms with Crippen molar-refractivity contribution in [1.82, 2.24) is 5.32 Å². The summed E-state index contributed by atoms with van der Waals surface area (Å²) in [6.07, 6.45) is 4.06. The van der Waals surface area contributed by atoms with Gasteiger partial charge >= 0.3 is 22.2 Å². The molecule has 0 spiro atoms. The second kappa shape index (κ2) is 8.80. The fourth-order valence-electron chi connectivity index (χ4n) is 4.53. The van der Waals surface area contributed by atoms with E-state index in [1.54, 1.807) is 31.2 Å². The highest BCUT2D eigenvalue weighted by Gasteiger charge is 2.37. The fourth-order valence-corrected chi connectivity index (χ4v) is 5.31. The molecule has 1 saturated carbocycles. The quantitative estimate of drug-likeness (QED) is 0.428. The third-order valence-electron chi connectivity index (χ3n) is 6.08. The van der Waals surface area contributed by atoms with E-state index in [-0.39, 0.29) is 16.5 Å². The predicted molar refractivity (Wildman–Crippen MR) is 113 cm³/mol. The third-order valence-corrected chi connectivity index (χ3v) is 7.29. The summed E-state index contributed by atoms with van der Waals surface area (Å²) in [4.78, 5) is 24.5. The van der Waals surface area contributed by atoms with Crippen LogP contribution >= 0.6 is 0 Å². The summed E-state index contributed by atoms with van der Waals surface area (Å²) in [6.45, 7) is 1.80. The topological polar surface area (TPSA) is 98.8 Å². The second-order valence-corrected chi connectivity index (χ2v) is 9.73. The lowest BCUT2D eigenvalue weighted by molar-refractivity contribution is 0.0534. The zero-order chi connectivity index (χ0) is 22.0. The SMILES string of the molecule is Cc1ccc(S(=O)(=O)OC(=O)OC(=O)c2ccccc2[C@@H]2C[C@@H]3CCCC[C@@H]3N2)cc1. The van der Waals surface area contributed by atoms with Crippen LogP contribution in [0, 0.1) is 12.8 Å². The minimum atomic E-state index is -4.38. The zero-order valence-electron chi connectivity index (χ0n) is 17.2. The van der Waals surface area contributed by atoms with Crippen LogP contribution in [0.4, 0.5) is 4.79 Å². The fraction of sp³-hybridized carbons (Fsp3) is 0.391. The van der Waals surface area contributed by atoms with Gasteiger partial charge in [-0.1, -0.05) is 48.7 Å². The van der Waals surface area contributed by atoms with Gasteiger partial charge in [-0.15, -0.1) is 0 Å². The molecule has 0 bridgehead atoms. The Bertz CT molecular complexity index is 1070. The van der Waals surface area contributed by atoms with Crippen LogP contribution < -0.4 is 5.32 Å². The second-order valence-electron chi connectivity index (χ2n) is 8.18. The van der Waals surface area contributed by atoms with Gasteiger partial charge in [0.25, 0.3) is 0 Å². The van der Waals surface area contributed by atoms with E-state index in [0.717, 1.165) is 24.0 Å². The Balaban J connectivity index is 1.45. The van der Waals surface area contributed by atoms with E-state index in [0.29, 0.717) is 12.0 Å². The summed E-state index contributed by atoms with van der Waals surface area (Å²) >= 11 is 0. The molecule has 7 nitrogen and oxygen atoms in total. The normalized spacial score (nSPS) is 23.1. The molecule has 4 rings (SSSR count). The van der Waals surface area contributed by atoms with Crippen LogP contribution in [0.3, 0.4) is 0 Å². The third kappa shape index (κ3) is 4.80. The Hall–Kier alpha value is -2.71. The summed E-state index contributed by atoms with van der Waals surface area (Å²) in [5.74, 6) is -0.358. The van der Waals surface area contributed by atoms with Gasteiger partial charge in [0, 0.05) is 12.1 Å². The average molecular weight is 444 g/mol. The number of esters is 1. The molecule has 1 aliphatic carbocycles. The number of hydrogen-bond donors (Lipinski definition) is 1. The number of nitrogens with one attached hydrogen (secondary N) is 1. The van der Waals surface area contributed by atoms with Gasteiger partial charge < -0.3 is 14.2 Å². The lowest BCUT2D eigenvalue weighted by Crippen LogP contribution is -2.30. The lowest BCUT2D eigenvalue weighted by Gasteiger charge is -2.24. The molecular formula is C23H25NO6S. The largest absolute Gasteiger partial charge is 0.532 e. The summed E-state index contributed by atoms with van der Waals surface area (Å²) in [5, 5.41) is 3.60. The highest BCUT2D eigenvalue weighted by atomic mass is 32.2. The Morgan fingerprint density at radius 1 is 1.00 bits per heavy atom. The zero-order valence-corrected chi connectivity index (χ0v) is 18.1. The number of rotatable bonds is 4. The van der Waals surface area contributed by atoms with Crippen molar-refractivity contribution < 1.29 is 26.9 Å². The van der Waals surface area contributed by atoms with Crippen molar-refractivity contribution in [2.45, 2.75) is 56.0 Å². The van der Waals surface area contributed by atoms with E-state index in [2.05, 4.69) is 9.50 Å². The molecule has 1 saturated heterocycles. The van der Waals surface area contributed by atoms with Gasteiger partial charge in [0.2, 0.25) is 0 Å². The smallest absolute Gasteiger partial charge is 0.356 e. The van der Waals surface area contributed by atoms with Crippen molar-refractivity contribution in [3.05, 3.63) is 65.2 Å². The first-order valence-electron chi connectivity index (χ1n) is 10.5. The summed E-state index contributed by atoms with van der Waals surface area (Å²) in [5.41, 5.74) is 1.83. The van der Waals surface area contributed by atoms with Crippen LogP contribution in [0.5, 0.6) is 0 Å². The molecule has 164 valence electrons. The van der Waals surface area contributed by atoms with Crippen LogP contribution in [-0.2, 0) is 19.0 Å². The first-order chi connectivity index (χ1) is 14.8. The van der Waals surface area contributed by atoms with Crippen molar-refractivity contribution in [1.29, 1.82) is 0 Å². The van der Waals surface area contributed by atoms with Crippen molar-refractivity contribution in [3.8, 4) is 0 Å². The molecule has 2 aliphatic rings. The lowest BCUT2D eigenvalue weighted by atomic mass is 9.84. The maximum atomic E-state index is 12.7. The molecule has 3 atom stereocenters. The molecule has 0 aromatic heterocycles. The minimum Gasteiger partial charge on any atom is -0.356 e. The monoisotopic (exact) mass is 443 g/mol. The molecule has 0 radical (unpaired) electrons. The number of carbonyl (C=O) groups is 2. The Morgan fingerprint density at radius 3 is 2.45 bits per heavy atom. The molecule has 31 heavy (non-hydrogen) atoms. The highest BCUT2D eigenvalue weighted by molar-refractivity contribution is 7.87. The number of benzene rings is 2. The van der Waals surface area contributed by atoms with E-state index in [1.807, 2.05) is 12.1 Å². The van der Waals surface area contributed by atoms with Gasteiger partial charge in [-0.3, -0.25) is 0 Å². The summed E-state index contributed by atoms with van der Waals surface area (Å²) in [7, 11) is -4.38. The van der Waals surface area contributed by atoms with E-state index >= 15 is 0 Å². The van der Waals surface area contributed by atoms with Crippen LogP contribution in [0.2, 0.25) is 0 Å². The molecule has 8 heteroatoms. The average Bonchev–Trinajstić information content (AvgIpc) is 3.17. The number of aryl methyl sites for hydroxylation is 1. The van der Waals surface area contributed by atoms with E-state index in [4.69, 9.17) is 4.74 Å². The van der Waals surface area contributed by atoms with Gasteiger partial charge in [-0.05, 0) is 55.9 Å². The highest BCUT2D eigenvalue weighted by Crippen LogP contribution is 2.40. The predicted octanol–water partition coefficient (Wildman–Crippen LogP) is 4.27. The molecule has 2 aromatic rings. The van der Waals surface area contributed by atoms with E-state index < -0.39 is 22.2 Å². The molecule has 0 unspecified atom stereocenters. The van der Waals surface area contributed by atoms with Gasteiger partial charge in [-0.25, -0.2) is 9.59 Å². The number of ether oxygens (including phenoxy) is 1. The Morgan fingerprint density at radius 2 is 1.71 bits per heavy atom. The van der Waals surface area contributed by atoms with E-state index in [1.165, 1.54) is 31.4 Å². The van der Waals surface area contributed by atoms with Gasteiger partial charge in [0.1, 0.15) is 4.90 Å². The molecule has 0 amide bonds. The van der Waals surface area contributed by atoms with Gasteiger partial charge in [0.05, 0.1) is 5.56 Å². The van der Waals surface area contributed by atoms with Crippen LogP contribution in [0.25, 0.3) is 0 Å². The summed E-state index contributed by atoms with van der Waals surface area (Å²) < 4.78 is 33.7. The molecule has 1 heterocycles. The number of fused-ring (bicyclic) bond motifs is 1. The molecule has 2 aromatic carbocycles. The van der Waals surface area contributed by atoms with Crippen molar-refractivity contribution in [2.24, 2.45) is 5.92 Å². The first kappa shape index (κ1) is 21.5. The van der Waals surface area contributed by atoms with Crippen molar-refractivity contribution in [3.63, 3.8) is 0 Å². The first-order valence-corrected chi connectivity index (χ1v) is 11.9. The summed E-state index contributed by atoms with van der Waals surface area (Å²) in [6, 6.07) is 13.1. The Labute approximate surface area is 181 Å². The van der Waals surface area contributed by atoms with Gasteiger partial charge in [0.15, 0.2) is 0 Å². The van der Waals surface area contributed by atoms with Crippen LogP contribution in [-0.4, -0.2) is 26.6 Å². The molecular weight excluding hydrogens is 418 g/mol. The molecule has 1 N–H and O–H groups in total. The van der Waals surface area contributed by atoms with Crippen molar-refractivity contribution >= 4 is 22.2 Å². The molecule has 1 aliphatic heterocycles. The van der Waals surface area contributed by atoms with Crippen molar-refractivity contribution in [2.75, 3.05) is 0 Å².